The fraction of sp³-hybridized carbons (Fsp3) is 0.310. The zero-order chi connectivity index (χ0) is 25.4. The zero-order valence-electron chi connectivity index (χ0n) is 20.5. The molecule has 184 valence electrons. The summed E-state index contributed by atoms with van der Waals surface area (Å²) in [5, 5.41) is 3.98. The molecule has 1 atom stereocenters. The topological polar surface area (TPSA) is 49.4 Å². The molecule has 0 bridgehead atoms. The summed E-state index contributed by atoms with van der Waals surface area (Å²) in [5.74, 6) is -0.303. The lowest BCUT2D eigenvalue weighted by molar-refractivity contribution is -0.140. The molecule has 35 heavy (non-hydrogen) atoms. The lowest BCUT2D eigenvalue weighted by atomic mass is 10.00. The average molecular weight is 511 g/mol. The molecule has 4 nitrogen and oxygen atoms in total. The van der Waals surface area contributed by atoms with E-state index in [-0.39, 0.29) is 24.8 Å². The summed E-state index contributed by atoms with van der Waals surface area (Å²) in [6.07, 6.45) is 1.41. The van der Waals surface area contributed by atoms with Crippen molar-refractivity contribution in [2.75, 3.05) is 6.54 Å². The summed E-state index contributed by atoms with van der Waals surface area (Å²) >= 11 is 12.6. The second-order valence-electron chi connectivity index (χ2n) is 8.93. The molecule has 0 radical (unpaired) electrons. The van der Waals surface area contributed by atoms with Gasteiger partial charge in [0.25, 0.3) is 0 Å². The molecule has 3 rings (SSSR count). The van der Waals surface area contributed by atoms with Crippen LogP contribution >= 0.6 is 23.2 Å². The Kier molecular flexibility index (Phi) is 9.76. The molecule has 3 aromatic rings. The number of hydrogen-bond acceptors (Lipinski definition) is 2. The summed E-state index contributed by atoms with van der Waals surface area (Å²) < 4.78 is 0. The Morgan fingerprint density at radius 3 is 2.23 bits per heavy atom. The van der Waals surface area contributed by atoms with Gasteiger partial charge in [0, 0.05) is 29.6 Å². The van der Waals surface area contributed by atoms with Crippen LogP contribution < -0.4 is 5.32 Å². The molecular weight excluding hydrogens is 479 g/mol. The van der Waals surface area contributed by atoms with E-state index in [1.807, 2.05) is 69.3 Å². The number of carbonyl (C=O) groups excluding carboxylic acids is 2. The van der Waals surface area contributed by atoms with Crippen LogP contribution in [-0.2, 0) is 29.0 Å². The van der Waals surface area contributed by atoms with E-state index in [0.29, 0.717) is 23.0 Å². The summed E-state index contributed by atoms with van der Waals surface area (Å²) in [4.78, 5) is 28.8. The highest BCUT2D eigenvalue weighted by Crippen LogP contribution is 2.25. The number of rotatable bonds is 10. The molecule has 0 saturated heterocycles. The number of benzene rings is 3. The highest BCUT2D eigenvalue weighted by atomic mass is 35.5. The Hall–Kier alpha value is -2.82. The third-order valence-corrected chi connectivity index (χ3v) is 6.40. The van der Waals surface area contributed by atoms with Crippen molar-refractivity contribution in [3.63, 3.8) is 0 Å². The number of nitrogens with zero attached hydrogens (tertiary/aromatic N) is 1. The summed E-state index contributed by atoms with van der Waals surface area (Å²) in [5.41, 5.74) is 4.84. The van der Waals surface area contributed by atoms with Gasteiger partial charge in [0.15, 0.2) is 0 Å². The second-order valence-corrected chi connectivity index (χ2v) is 9.77. The van der Waals surface area contributed by atoms with Crippen LogP contribution in [0.4, 0.5) is 0 Å². The molecule has 0 aliphatic heterocycles. The lowest BCUT2D eigenvalue weighted by Crippen LogP contribution is -2.51. The summed E-state index contributed by atoms with van der Waals surface area (Å²) in [7, 11) is 0. The molecule has 0 aromatic heterocycles. The van der Waals surface area contributed by atoms with Crippen molar-refractivity contribution in [2.24, 2.45) is 0 Å². The molecule has 2 amide bonds. The normalized spacial score (nSPS) is 11.7. The van der Waals surface area contributed by atoms with Gasteiger partial charge in [-0.05, 0) is 49.1 Å². The number of halogens is 2. The van der Waals surface area contributed by atoms with Gasteiger partial charge in [0.05, 0.1) is 6.42 Å². The number of carbonyl (C=O) groups is 2. The fourth-order valence-corrected chi connectivity index (χ4v) is 4.67. The first kappa shape index (κ1) is 26.8. The first-order valence-corrected chi connectivity index (χ1v) is 12.6. The van der Waals surface area contributed by atoms with Gasteiger partial charge in [-0.15, -0.1) is 0 Å². The molecular formula is C29H32Cl2N2O2. The minimum absolute atomic E-state index is 0.131. The molecule has 6 heteroatoms. The van der Waals surface area contributed by atoms with Gasteiger partial charge in [-0.25, -0.2) is 0 Å². The van der Waals surface area contributed by atoms with Crippen molar-refractivity contribution in [2.45, 2.75) is 52.6 Å². The summed E-state index contributed by atoms with van der Waals surface area (Å²) in [6, 6.07) is 20.4. The van der Waals surface area contributed by atoms with E-state index in [1.54, 1.807) is 17.0 Å². The van der Waals surface area contributed by atoms with Gasteiger partial charge in [0.2, 0.25) is 11.8 Å². The smallest absolute Gasteiger partial charge is 0.243 e. The minimum Gasteiger partial charge on any atom is -0.354 e. The van der Waals surface area contributed by atoms with E-state index in [2.05, 4.69) is 11.4 Å². The Morgan fingerprint density at radius 1 is 0.914 bits per heavy atom. The molecule has 0 aliphatic carbocycles. The standard InChI is InChI=1S/C29H32Cl2N2O2/c1-4-12-32-29(35)27(16-22-8-6-5-7-9-22)33(19-24-10-11-25(30)18-26(24)31)28(34)17-23-14-20(2)13-21(3)15-23/h5-11,13-15,18,27H,4,12,16-17,19H2,1-3H3,(H,32,35). The number of aryl methyl sites for hydroxylation is 2. The molecule has 3 aromatic carbocycles. The Morgan fingerprint density at radius 2 is 1.60 bits per heavy atom. The van der Waals surface area contributed by atoms with E-state index in [9.17, 15) is 9.59 Å². The SMILES string of the molecule is CCCNC(=O)C(Cc1ccccc1)N(Cc1ccc(Cl)cc1Cl)C(=O)Cc1cc(C)cc(C)c1. The molecule has 0 saturated carbocycles. The molecule has 0 heterocycles. The van der Waals surface area contributed by atoms with Gasteiger partial charge in [-0.1, -0.05) is 95.8 Å². The average Bonchev–Trinajstić information content (AvgIpc) is 2.81. The molecule has 0 spiro atoms. The van der Waals surface area contributed by atoms with Gasteiger partial charge < -0.3 is 10.2 Å². The van der Waals surface area contributed by atoms with Crippen LogP contribution in [0.1, 0.15) is 41.2 Å². The van der Waals surface area contributed by atoms with Crippen molar-refractivity contribution < 1.29 is 9.59 Å². The Balaban J connectivity index is 2.00. The van der Waals surface area contributed by atoms with Gasteiger partial charge in [-0.2, -0.15) is 0 Å². The van der Waals surface area contributed by atoms with Crippen molar-refractivity contribution in [1.82, 2.24) is 10.2 Å². The first-order valence-electron chi connectivity index (χ1n) is 11.9. The van der Waals surface area contributed by atoms with E-state index in [0.717, 1.165) is 34.2 Å². The zero-order valence-corrected chi connectivity index (χ0v) is 22.0. The van der Waals surface area contributed by atoms with E-state index >= 15 is 0 Å². The van der Waals surface area contributed by atoms with Crippen LogP contribution in [0.3, 0.4) is 0 Å². The third kappa shape index (κ3) is 7.84. The predicted molar refractivity (Wildman–Crippen MR) is 144 cm³/mol. The van der Waals surface area contributed by atoms with Crippen LogP contribution in [0.15, 0.2) is 66.7 Å². The minimum atomic E-state index is -0.686. The first-order chi connectivity index (χ1) is 16.8. The van der Waals surface area contributed by atoms with Crippen molar-refractivity contribution in [3.8, 4) is 0 Å². The maximum Gasteiger partial charge on any atom is 0.243 e. The Labute approximate surface area is 218 Å². The third-order valence-electron chi connectivity index (χ3n) is 5.81. The number of hydrogen-bond donors (Lipinski definition) is 1. The predicted octanol–water partition coefficient (Wildman–Crippen LogP) is 6.32. The van der Waals surface area contributed by atoms with Crippen molar-refractivity contribution in [1.29, 1.82) is 0 Å². The fourth-order valence-electron chi connectivity index (χ4n) is 4.20. The van der Waals surface area contributed by atoms with Crippen LogP contribution in [0.25, 0.3) is 0 Å². The van der Waals surface area contributed by atoms with Crippen LogP contribution in [0.2, 0.25) is 10.0 Å². The second kappa shape index (κ2) is 12.8. The number of amides is 2. The maximum absolute atomic E-state index is 13.8. The highest BCUT2D eigenvalue weighted by molar-refractivity contribution is 6.35. The maximum atomic E-state index is 13.8. The van der Waals surface area contributed by atoms with E-state index < -0.39 is 6.04 Å². The van der Waals surface area contributed by atoms with Crippen molar-refractivity contribution in [3.05, 3.63) is 105 Å². The molecule has 0 aliphatic rings. The van der Waals surface area contributed by atoms with E-state index in [1.165, 1.54) is 0 Å². The largest absolute Gasteiger partial charge is 0.354 e. The highest BCUT2D eigenvalue weighted by Gasteiger charge is 2.30. The van der Waals surface area contributed by atoms with Gasteiger partial charge in [0.1, 0.15) is 6.04 Å². The van der Waals surface area contributed by atoms with Gasteiger partial charge in [-0.3, -0.25) is 9.59 Å². The van der Waals surface area contributed by atoms with E-state index in [4.69, 9.17) is 23.2 Å². The quantitative estimate of drug-likeness (QED) is 0.346. The van der Waals surface area contributed by atoms with Crippen molar-refractivity contribution >= 4 is 35.0 Å². The lowest BCUT2D eigenvalue weighted by Gasteiger charge is -2.32. The monoisotopic (exact) mass is 510 g/mol. The van der Waals surface area contributed by atoms with Crippen LogP contribution in [0.5, 0.6) is 0 Å². The molecule has 1 N–H and O–H groups in total. The molecule has 1 unspecified atom stereocenters. The van der Waals surface area contributed by atoms with Crippen LogP contribution in [0, 0.1) is 13.8 Å². The van der Waals surface area contributed by atoms with Gasteiger partial charge >= 0.3 is 0 Å². The number of nitrogens with one attached hydrogen (secondary N) is 1. The molecule has 0 fully saturated rings. The summed E-state index contributed by atoms with van der Waals surface area (Å²) in [6.45, 7) is 6.79. The Bertz CT molecular complexity index is 1140. The van der Waals surface area contributed by atoms with Crippen LogP contribution in [-0.4, -0.2) is 29.3 Å².